The standard InChI is InChI=1S/C24H42O2/c1-5-6-15(2)19-9-10-20-18-8-7-16-13-17(25)11-12-23(16,3)21(18)14-22(26)24(19,20)4/h15-22,25-26H,5-14H2,1-4H3/t15-,16-,17+,18+,19-,20+,21+,22-,23+,24-/m1/s1. The number of hydrogen-bond donors (Lipinski definition) is 2. The van der Waals surface area contributed by atoms with Crippen LogP contribution in [0.5, 0.6) is 0 Å². The molecule has 0 spiro atoms. The Labute approximate surface area is 161 Å². The van der Waals surface area contributed by atoms with Crippen LogP contribution in [0, 0.1) is 46.3 Å². The maximum absolute atomic E-state index is 11.5. The zero-order chi connectivity index (χ0) is 18.7. The molecule has 0 aliphatic heterocycles. The van der Waals surface area contributed by atoms with Gasteiger partial charge in [-0.05, 0) is 97.7 Å². The molecule has 4 saturated carbocycles. The van der Waals surface area contributed by atoms with Gasteiger partial charge in [-0.2, -0.15) is 0 Å². The fraction of sp³-hybridized carbons (Fsp3) is 1.00. The van der Waals surface area contributed by atoms with Gasteiger partial charge in [-0.25, -0.2) is 0 Å². The predicted octanol–water partition coefficient (Wildman–Crippen LogP) is 5.41. The molecule has 4 aliphatic rings. The van der Waals surface area contributed by atoms with E-state index in [0.717, 1.165) is 37.0 Å². The van der Waals surface area contributed by atoms with Crippen LogP contribution in [0.15, 0.2) is 0 Å². The summed E-state index contributed by atoms with van der Waals surface area (Å²) < 4.78 is 0. The Kier molecular flexibility index (Phi) is 5.01. The summed E-state index contributed by atoms with van der Waals surface area (Å²) in [6, 6.07) is 0. The van der Waals surface area contributed by atoms with Crippen LogP contribution in [0.3, 0.4) is 0 Å². The molecular weight excluding hydrogens is 320 g/mol. The van der Waals surface area contributed by atoms with E-state index < -0.39 is 0 Å². The van der Waals surface area contributed by atoms with E-state index in [1.165, 1.54) is 44.9 Å². The number of fused-ring (bicyclic) bond motifs is 5. The van der Waals surface area contributed by atoms with Crippen LogP contribution in [0.2, 0.25) is 0 Å². The summed E-state index contributed by atoms with van der Waals surface area (Å²) >= 11 is 0. The highest BCUT2D eigenvalue weighted by atomic mass is 16.3. The van der Waals surface area contributed by atoms with E-state index in [-0.39, 0.29) is 17.6 Å². The Morgan fingerprint density at radius 2 is 1.73 bits per heavy atom. The minimum atomic E-state index is -0.122. The van der Waals surface area contributed by atoms with Crippen molar-refractivity contribution in [1.82, 2.24) is 0 Å². The molecule has 2 heteroatoms. The molecule has 0 saturated heterocycles. The Hall–Kier alpha value is -0.0800. The van der Waals surface area contributed by atoms with E-state index in [9.17, 15) is 10.2 Å². The lowest BCUT2D eigenvalue weighted by Gasteiger charge is -2.62. The molecule has 0 aromatic carbocycles. The second kappa shape index (κ2) is 6.76. The minimum Gasteiger partial charge on any atom is -0.393 e. The molecule has 26 heavy (non-hydrogen) atoms. The van der Waals surface area contributed by atoms with Gasteiger partial charge in [0.25, 0.3) is 0 Å². The van der Waals surface area contributed by atoms with Gasteiger partial charge >= 0.3 is 0 Å². The molecule has 0 amide bonds. The van der Waals surface area contributed by atoms with Gasteiger partial charge < -0.3 is 10.2 Å². The molecular formula is C24H42O2. The third-order valence-corrected chi connectivity index (χ3v) is 10.2. The molecule has 0 bridgehead atoms. The first-order valence-electron chi connectivity index (χ1n) is 11.7. The van der Waals surface area contributed by atoms with Crippen LogP contribution in [-0.4, -0.2) is 22.4 Å². The van der Waals surface area contributed by atoms with Crippen molar-refractivity contribution in [2.24, 2.45) is 46.3 Å². The van der Waals surface area contributed by atoms with Gasteiger partial charge in [0.2, 0.25) is 0 Å². The third kappa shape index (κ3) is 2.65. The minimum absolute atomic E-state index is 0.0749. The summed E-state index contributed by atoms with van der Waals surface area (Å²) in [5.74, 6) is 4.37. The molecule has 4 fully saturated rings. The average Bonchev–Trinajstić information content (AvgIpc) is 2.96. The summed E-state index contributed by atoms with van der Waals surface area (Å²) in [7, 11) is 0. The molecule has 0 aromatic rings. The van der Waals surface area contributed by atoms with E-state index in [2.05, 4.69) is 27.7 Å². The lowest BCUT2D eigenvalue weighted by atomic mass is 9.43. The summed E-state index contributed by atoms with van der Waals surface area (Å²) in [4.78, 5) is 0. The Morgan fingerprint density at radius 1 is 0.962 bits per heavy atom. The van der Waals surface area contributed by atoms with E-state index >= 15 is 0 Å². The van der Waals surface area contributed by atoms with E-state index in [1.807, 2.05) is 0 Å². The SMILES string of the molecule is CCC[C@@H](C)[C@H]1CC[C@H]2[C@@H]3CC[C@@H]4C[C@@H](O)CC[C@]4(C)[C@H]3C[C@@H](O)[C@]12C. The fourth-order valence-corrected chi connectivity index (χ4v) is 8.82. The van der Waals surface area contributed by atoms with Crippen LogP contribution in [0.1, 0.15) is 91.9 Å². The second-order valence-electron chi connectivity index (χ2n) is 11.2. The summed E-state index contributed by atoms with van der Waals surface area (Å²) in [6.45, 7) is 9.73. The second-order valence-corrected chi connectivity index (χ2v) is 11.2. The number of aliphatic hydroxyl groups is 2. The maximum Gasteiger partial charge on any atom is 0.0602 e. The van der Waals surface area contributed by atoms with Gasteiger partial charge in [0.1, 0.15) is 0 Å². The normalized spacial score (nSPS) is 54.9. The highest BCUT2D eigenvalue weighted by molar-refractivity contribution is 5.12. The van der Waals surface area contributed by atoms with Crippen molar-refractivity contribution in [3.8, 4) is 0 Å². The molecule has 2 nitrogen and oxygen atoms in total. The summed E-state index contributed by atoms with van der Waals surface area (Å²) in [6.07, 6.45) is 11.9. The zero-order valence-electron chi connectivity index (χ0n) is 17.6. The van der Waals surface area contributed by atoms with Crippen molar-refractivity contribution < 1.29 is 10.2 Å². The largest absolute Gasteiger partial charge is 0.393 e. The number of aliphatic hydroxyl groups excluding tert-OH is 2. The molecule has 4 rings (SSSR count). The highest BCUT2D eigenvalue weighted by Gasteiger charge is 2.63. The lowest BCUT2D eigenvalue weighted by Crippen LogP contribution is -2.58. The highest BCUT2D eigenvalue weighted by Crippen LogP contribution is 2.68. The Balaban J connectivity index is 1.61. The predicted molar refractivity (Wildman–Crippen MR) is 107 cm³/mol. The smallest absolute Gasteiger partial charge is 0.0602 e. The monoisotopic (exact) mass is 362 g/mol. The molecule has 0 aromatic heterocycles. The molecule has 150 valence electrons. The van der Waals surface area contributed by atoms with E-state index in [0.29, 0.717) is 23.2 Å². The van der Waals surface area contributed by atoms with Gasteiger partial charge in [0, 0.05) is 0 Å². The van der Waals surface area contributed by atoms with Crippen LogP contribution >= 0.6 is 0 Å². The van der Waals surface area contributed by atoms with Crippen molar-refractivity contribution in [3.05, 3.63) is 0 Å². The first kappa shape index (κ1) is 19.2. The molecule has 0 heterocycles. The quantitative estimate of drug-likeness (QED) is 0.704. The number of hydrogen-bond acceptors (Lipinski definition) is 2. The fourth-order valence-electron chi connectivity index (χ4n) is 8.82. The van der Waals surface area contributed by atoms with Crippen LogP contribution in [0.4, 0.5) is 0 Å². The zero-order valence-corrected chi connectivity index (χ0v) is 17.6. The Bertz CT molecular complexity index is 518. The maximum atomic E-state index is 11.5. The van der Waals surface area contributed by atoms with Gasteiger partial charge in [-0.1, -0.05) is 40.5 Å². The summed E-state index contributed by atoms with van der Waals surface area (Å²) in [5.41, 5.74) is 0.505. The van der Waals surface area contributed by atoms with Crippen LogP contribution in [0.25, 0.3) is 0 Å². The van der Waals surface area contributed by atoms with Crippen LogP contribution < -0.4 is 0 Å². The topological polar surface area (TPSA) is 40.5 Å². The van der Waals surface area contributed by atoms with Gasteiger partial charge in [0.15, 0.2) is 0 Å². The van der Waals surface area contributed by atoms with Crippen molar-refractivity contribution in [1.29, 1.82) is 0 Å². The van der Waals surface area contributed by atoms with Crippen molar-refractivity contribution in [2.45, 2.75) is 104 Å². The first-order valence-corrected chi connectivity index (χ1v) is 11.7. The summed E-state index contributed by atoms with van der Waals surface area (Å²) in [5, 5.41) is 21.7. The molecule has 10 atom stereocenters. The van der Waals surface area contributed by atoms with Crippen LogP contribution in [-0.2, 0) is 0 Å². The van der Waals surface area contributed by atoms with Gasteiger partial charge in [0.05, 0.1) is 12.2 Å². The third-order valence-electron chi connectivity index (χ3n) is 10.2. The van der Waals surface area contributed by atoms with E-state index in [4.69, 9.17) is 0 Å². The van der Waals surface area contributed by atoms with Crippen molar-refractivity contribution in [3.63, 3.8) is 0 Å². The Morgan fingerprint density at radius 3 is 2.46 bits per heavy atom. The van der Waals surface area contributed by atoms with E-state index in [1.54, 1.807) is 0 Å². The molecule has 0 radical (unpaired) electrons. The lowest BCUT2D eigenvalue weighted by molar-refractivity contribution is -0.174. The first-order chi connectivity index (χ1) is 12.3. The molecule has 0 unspecified atom stereocenters. The molecule has 2 N–H and O–H groups in total. The van der Waals surface area contributed by atoms with Crippen molar-refractivity contribution in [2.75, 3.05) is 0 Å². The average molecular weight is 363 g/mol. The van der Waals surface area contributed by atoms with Crippen molar-refractivity contribution >= 4 is 0 Å². The van der Waals surface area contributed by atoms with Gasteiger partial charge in [-0.3, -0.25) is 0 Å². The van der Waals surface area contributed by atoms with Gasteiger partial charge in [-0.15, -0.1) is 0 Å². The molecule has 4 aliphatic carbocycles. The number of rotatable bonds is 3.